The predicted molar refractivity (Wildman–Crippen MR) is 66.5 cm³/mol. The number of thioether (sulfide) groups is 1. The van der Waals surface area contributed by atoms with Gasteiger partial charge in [-0.05, 0) is 24.3 Å². The lowest BCUT2D eigenvalue weighted by molar-refractivity contribution is -0.116. The first kappa shape index (κ1) is 12.1. The first-order valence-electron chi connectivity index (χ1n) is 5.01. The molecule has 0 fully saturated rings. The summed E-state index contributed by atoms with van der Waals surface area (Å²) < 4.78 is 0. The Hall–Kier alpha value is -0.960. The topological polar surface area (TPSA) is 20.3 Å². The zero-order chi connectivity index (χ0) is 11.4. The lowest BCUT2D eigenvalue weighted by Crippen LogP contribution is -2.22. The summed E-state index contributed by atoms with van der Waals surface area (Å²) in [5.41, 5.74) is 0.940. The standard InChI is InChI=1S/C12H17NOS/c1-9(2)15-12-7-5-11(6-8-12)13(4)10(3)14/h5-9H,1-4H3. The molecule has 0 spiro atoms. The number of rotatable bonds is 3. The molecule has 0 heterocycles. The van der Waals surface area contributed by atoms with Gasteiger partial charge in [0.25, 0.3) is 0 Å². The van der Waals surface area contributed by atoms with Gasteiger partial charge in [0.15, 0.2) is 0 Å². The molecule has 2 nitrogen and oxygen atoms in total. The number of anilines is 1. The van der Waals surface area contributed by atoms with Gasteiger partial charge in [-0.2, -0.15) is 0 Å². The van der Waals surface area contributed by atoms with Crippen molar-refractivity contribution in [3.8, 4) is 0 Å². The second-order valence-corrected chi connectivity index (χ2v) is 5.39. The van der Waals surface area contributed by atoms with Crippen LogP contribution in [0.1, 0.15) is 20.8 Å². The zero-order valence-electron chi connectivity index (χ0n) is 9.65. The van der Waals surface area contributed by atoms with E-state index >= 15 is 0 Å². The van der Waals surface area contributed by atoms with E-state index in [0.29, 0.717) is 5.25 Å². The minimum atomic E-state index is 0.0549. The Balaban J connectivity index is 2.76. The van der Waals surface area contributed by atoms with Gasteiger partial charge < -0.3 is 4.90 Å². The summed E-state index contributed by atoms with van der Waals surface area (Å²) in [6.07, 6.45) is 0. The number of nitrogens with zero attached hydrogens (tertiary/aromatic N) is 1. The molecule has 0 atom stereocenters. The molecule has 0 saturated heterocycles. The highest BCUT2D eigenvalue weighted by molar-refractivity contribution is 7.99. The van der Waals surface area contributed by atoms with Crippen LogP contribution in [0.4, 0.5) is 5.69 Å². The van der Waals surface area contributed by atoms with E-state index in [1.54, 1.807) is 18.9 Å². The number of benzene rings is 1. The molecule has 82 valence electrons. The monoisotopic (exact) mass is 223 g/mol. The third-order valence-electron chi connectivity index (χ3n) is 2.07. The summed E-state index contributed by atoms with van der Waals surface area (Å²) in [4.78, 5) is 14.0. The van der Waals surface area contributed by atoms with Crippen LogP contribution in [0.15, 0.2) is 29.2 Å². The fourth-order valence-corrected chi connectivity index (χ4v) is 2.04. The van der Waals surface area contributed by atoms with Gasteiger partial charge in [0, 0.05) is 29.8 Å². The first-order valence-corrected chi connectivity index (χ1v) is 5.89. The lowest BCUT2D eigenvalue weighted by Gasteiger charge is -2.15. The third kappa shape index (κ3) is 3.59. The first-order chi connectivity index (χ1) is 7.00. The number of hydrogen-bond donors (Lipinski definition) is 0. The molecule has 3 heteroatoms. The zero-order valence-corrected chi connectivity index (χ0v) is 10.5. The Bertz CT molecular complexity index is 332. The molecule has 0 radical (unpaired) electrons. The lowest BCUT2D eigenvalue weighted by atomic mass is 10.3. The molecule has 0 aliphatic rings. The normalized spacial score (nSPS) is 10.5. The van der Waals surface area contributed by atoms with Crippen molar-refractivity contribution in [1.82, 2.24) is 0 Å². The summed E-state index contributed by atoms with van der Waals surface area (Å²) in [5.74, 6) is 0.0549. The number of carbonyl (C=O) groups is 1. The van der Waals surface area contributed by atoms with Crippen LogP contribution in [0.2, 0.25) is 0 Å². The third-order valence-corrected chi connectivity index (χ3v) is 3.08. The molecule has 1 rings (SSSR count). The summed E-state index contributed by atoms with van der Waals surface area (Å²) in [7, 11) is 1.78. The minimum Gasteiger partial charge on any atom is -0.316 e. The van der Waals surface area contributed by atoms with Crippen LogP contribution in [-0.4, -0.2) is 18.2 Å². The predicted octanol–water partition coefficient (Wildman–Crippen LogP) is 3.17. The van der Waals surface area contributed by atoms with Crippen LogP contribution in [0.25, 0.3) is 0 Å². The smallest absolute Gasteiger partial charge is 0.223 e. The van der Waals surface area contributed by atoms with Crippen LogP contribution in [-0.2, 0) is 4.79 Å². The second kappa shape index (κ2) is 5.21. The van der Waals surface area contributed by atoms with E-state index in [1.807, 2.05) is 23.9 Å². The van der Waals surface area contributed by atoms with Gasteiger partial charge in [0.05, 0.1) is 0 Å². The molecule has 1 amide bonds. The molecular weight excluding hydrogens is 206 g/mol. The maximum absolute atomic E-state index is 11.1. The van der Waals surface area contributed by atoms with E-state index in [4.69, 9.17) is 0 Å². The molecule has 0 N–H and O–H groups in total. The van der Waals surface area contributed by atoms with Crippen molar-refractivity contribution in [1.29, 1.82) is 0 Å². The fraction of sp³-hybridized carbons (Fsp3) is 0.417. The van der Waals surface area contributed by atoms with Gasteiger partial charge in [-0.3, -0.25) is 4.79 Å². The summed E-state index contributed by atoms with van der Waals surface area (Å²) in [6.45, 7) is 5.90. The van der Waals surface area contributed by atoms with Crippen LogP contribution in [0.3, 0.4) is 0 Å². The molecule has 0 unspecified atom stereocenters. The maximum atomic E-state index is 11.1. The van der Waals surface area contributed by atoms with E-state index in [1.165, 1.54) is 4.90 Å². The average Bonchev–Trinajstić information content (AvgIpc) is 2.17. The van der Waals surface area contributed by atoms with Gasteiger partial charge >= 0.3 is 0 Å². The Labute approximate surface area is 95.7 Å². The van der Waals surface area contributed by atoms with Gasteiger partial charge in [0.2, 0.25) is 5.91 Å². The van der Waals surface area contributed by atoms with Crippen LogP contribution >= 0.6 is 11.8 Å². The van der Waals surface area contributed by atoms with Crippen molar-refractivity contribution in [2.24, 2.45) is 0 Å². The van der Waals surface area contributed by atoms with Gasteiger partial charge in [0.1, 0.15) is 0 Å². The largest absolute Gasteiger partial charge is 0.316 e. The molecule has 0 aliphatic heterocycles. The minimum absolute atomic E-state index is 0.0549. The molecule has 1 aromatic rings. The van der Waals surface area contributed by atoms with Crippen molar-refractivity contribution in [3.05, 3.63) is 24.3 Å². The van der Waals surface area contributed by atoms with Crippen LogP contribution in [0, 0.1) is 0 Å². The van der Waals surface area contributed by atoms with Crippen molar-refractivity contribution < 1.29 is 4.79 Å². The second-order valence-electron chi connectivity index (χ2n) is 3.74. The van der Waals surface area contributed by atoms with E-state index in [-0.39, 0.29) is 5.91 Å². The molecule has 15 heavy (non-hydrogen) atoms. The fourth-order valence-electron chi connectivity index (χ4n) is 1.20. The van der Waals surface area contributed by atoms with E-state index in [0.717, 1.165) is 5.69 Å². The van der Waals surface area contributed by atoms with Gasteiger partial charge in [-0.15, -0.1) is 11.8 Å². The average molecular weight is 223 g/mol. The number of carbonyl (C=O) groups excluding carboxylic acids is 1. The highest BCUT2D eigenvalue weighted by Gasteiger charge is 2.05. The Morgan fingerprint density at radius 2 is 1.80 bits per heavy atom. The summed E-state index contributed by atoms with van der Waals surface area (Å²) in [6, 6.07) is 8.07. The van der Waals surface area contributed by atoms with Crippen molar-refractivity contribution in [3.63, 3.8) is 0 Å². The van der Waals surface area contributed by atoms with Crippen molar-refractivity contribution >= 4 is 23.4 Å². The van der Waals surface area contributed by atoms with E-state index in [2.05, 4.69) is 26.0 Å². The van der Waals surface area contributed by atoms with E-state index < -0.39 is 0 Å². The molecule has 1 aromatic carbocycles. The summed E-state index contributed by atoms with van der Waals surface area (Å²) in [5, 5.41) is 0.585. The molecule has 0 saturated carbocycles. The van der Waals surface area contributed by atoms with Crippen LogP contribution in [0.5, 0.6) is 0 Å². The number of hydrogen-bond acceptors (Lipinski definition) is 2. The summed E-state index contributed by atoms with van der Waals surface area (Å²) >= 11 is 1.82. The van der Waals surface area contributed by atoms with E-state index in [9.17, 15) is 4.79 Å². The number of amides is 1. The molecule has 0 bridgehead atoms. The van der Waals surface area contributed by atoms with Gasteiger partial charge in [-0.1, -0.05) is 13.8 Å². The maximum Gasteiger partial charge on any atom is 0.223 e. The Morgan fingerprint density at radius 1 is 1.27 bits per heavy atom. The van der Waals surface area contributed by atoms with Crippen molar-refractivity contribution in [2.45, 2.75) is 30.9 Å². The Morgan fingerprint density at radius 3 is 2.20 bits per heavy atom. The highest BCUT2D eigenvalue weighted by Crippen LogP contribution is 2.25. The molecule has 0 aromatic heterocycles. The quantitative estimate of drug-likeness (QED) is 0.734. The molecule has 0 aliphatic carbocycles. The SMILES string of the molecule is CC(=O)N(C)c1ccc(SC(C)C)cc1. The van der Waals surface area contributed by atoms with Crippen molar-refractivity contribution in [2.75, 3.05) is 11.9 Å². The van der Waals surface area contributed by atoms with Crippen LogP contribution < -0.4 is 4.90 Å². The highest BCUT2D eigenvalue weighted by atomic mass is 32.2. The van der Waals surface area contributed by atoms with Gasteiger partial charge in [-0.25, -0.2) is 0 Å². The molecular formula is C12H17NOS. The Kier molecular flexibility index (Phi) is 4.21.